The molecule has 2 aliphatic rings. The molecule has 0 spiro atoms. The number of fused-ring (bicyclic) bond motifs is 4. The monoisotopic (exact) mass is 343 g/mol. The van der Waals surface area contributed by atoms with E-state index in [1.54, 1.807) is 5.56 Å². The van der Waals surface area contributed by atoms with Crippen LogP contribution in [0.2, 0.25) is 0 Å². The average Bonchev–Trinajstić information content (AvgIpc) is 2.94. The van der Waals surface area contributed by atoms with E-state index >= 15 is 0 Å². The van der Waals surface area contributed by atoms with Crippen LogP contribution in [0.1, 0.15) is 40.8 Å². The lowest BCUT2D eigenvalue weighted by Gasteiger charge is -2.24. The van der Waals surface area contributed by atoms with E-state index in [0.717, 1.165) is 32.4 Å². The first-order valence-electron chi connectivity index (χ1n) is 9.65. The van der Waals surface area contributed by atoms with Gasteiger partial charge in [0.15, 0.2) is 0 Å². The van der Waals surface area contributed by atoms with Crippen LogP contribution in [-0.4, -0.2) is 28.0 Å². The van der Waals surface area contributed by atoms with E-state index in [-0.39, 0.29) is 0 Å². The van der Waals surface area contributed by atoms with Gasteiger partial charge in [0.1, 0.15) is 0 Å². The molecule has 1 aliphatic heterocycles. The van der Waals surface area contributed by atoms with Crippen LogP contribution in [0.4, 0.5) is 0 Å². The fourth-order valence-corrected chi connectivity index (χ4v) is 4.62. The smallest absolute Gasteiger partial charge is 0.0529 e. The third-order valence-electron chi connectivity index (χ3n) is 5.97. The summed E-state index contributed by atoms with van der Waals surface area (Å²) in [5.74, 6) is 0. The van der Waals surface area contributed by atoms with Crippen LogP contribution in [0.5, 0.6) is 0 Å². The summed E-state index contributed by atoms with van der Waals surface area (Å²) >= 11 is 0. The molecule has 0 radical (unpaired) electrons. The number of likely N-dealkylation sites (N-methyl/N-ethyl adjacent to an activating group) is 1. The summed E-state index contributed by atoms with van der Waals surface area (Å²) in [6.07, 6.45) is 11.0. The SMILES string of the molecule is Cc1ccc2c(c1)c1c(n2C=C2CCCc3cnccc32)CN(C)CC1. The van der Waals surface area contributed by atoms with Crippen molar-refractivity contribution in [1.29, 1.82) is 0 Å². The van der Waals surface area contributed by atoms with Crippen molar-refractivity contribution in [2.75, 3.05) is 13.6 Å². The van der Waals surface area contributed by atoms with Crippen molar-refractivity contribution in [3.63, 3.8) is 0 Å². The number of nitrogens with zero attached hydrogens (tertiary/aromatic N) is 3. The third kappa shape index (κ3) is 2.50. The molecule has 1 aromatic carbocycles. The summed E-state index contributed by atoms with van der Waals surface area (Å²) in [4.78, 5) is 6.76. The van der Waals surface area contributed by atoms with Crippen LogP contribution in [0.15, 0.2) is 36.7 Å². The molecule has 1 aliphatic carbocycles. The summed E-state index contributed by atoms with van der Waals surface area (Å²) in [6.45, 7) is 4.36. The average molecular weight is 343 g/mol. The Morgan fingerprint density at radius 3 is 2.96 bits per heavy atom. The maximum atomic E-state index is 4.33. The standard InChI is InChI=1S/C23H25N3/c1-16-6-7-22-21(12-16)20-9-11-25(2)15-23(20)26(22)14-18-5-3-4-17-13-24-10-8-19(17)18/h6-8,10,12-14H,3-5,9,11,15H2,1-2H3. The third-order valence-corrected chi connectivity index (χ3v) is 5.97. The molecule has 0 atom stereocenters. The zero-order valence-electron chi connectivity index (χ0n) is 15.6. The van der Waals surface area contributed by atoms with Crippen molar-refractivity contribution in [3.05, 3.63) is 64.6 Å². The molecule has 3 heteroatoms. The Morgan fingerprint density at radius 2 is 2.04 bits per heavy atom. The van der Waals surface area contributed by atoms with Gasteiger partial charge in [0.25, 0.3) is 0 Å². The molecule has 0 amide bonds. The molecule has 3 heterocycles. The summed E-state index contributed by atoms with van der Waals surface area (Å²) in [6, 6.07) is 9.10. The normalized spacial score (nSPS) is 18.9. The largest absolute Gasteiger partial charge is 0.318 e. The number of allylic oxidation sites excluding steroid dienone is 1. The lowest BCUT2D eigenvalue weighted by Crippen LogP contribution is -2.27. The second-order valence-corrected chi connectivity index (χ2v) is 7.84. The summed E-state index contributed by atoms with van der Waals surface area (Å²) in [5.41, 5.74) is 9.93. The number of rotatable bonds is 1. The molecule has 0 unspecified atom stereocenters. The predicted octanol–water partition coefficient (Wildman–Crippen LogP) is 4.67. The van der Waals surface area contributed by atoms with E-state index in [1.165, 1.54) is 45.3 Å². The maximum absolute atomic E-state index is 4.33. The highest BCUT2D eigenvalue weighted by molar-refractivity contribution is 5.91. The zero-order valence-corrected chi connectivity index (χ0v) is 15.6. The Morgan fingerprint density at radius 1 is 1.12 bits per heavy atom. The van der Waals surface area contributed by atoms with Crippen LogP contribution in [0, 0.1) is 6.92 Å². The van der Waals surface area contributed by atoms with Crippen molar-refractivity contribution in [2.45, 2.75) is 39.2 Å². The predicted molar refractivity (Wildman–Crippen MR) is 108 cm³/mol. The van der Waals surface area contributed by atoms with Crippen LogP contribution in [-0.2, 0) is 19.4 Å². The van der Waals surface area contributed by atoms with Gasteiger partial charge in [0, 0.05) is 42.8 Å². The fraction of sp³-hybridized carbons (Fsp3) is 0.348. The first-order chi connectivity index (χ1) is 12.7. The van der Waals surface area contributed by atoms with Crippen LogP contribution >= 0.6 is 0 Å². The Kier molecular flexibility index (Phi) is 3.71. The van der Waals surface area contributed by atoms with Gasteiger partial charge in [-0.3, -0.25) is 4.98 Å². The molecule has 3 aromatic rings. The second kappa shape index (κ2) is 6.10. The van der Waals surface area contributed by atoms with Crippen molar-refractivity contribution in [1.82, 2.24) is 14.5 Å². The van der Waals surface area contributed by atoms with E-state index in [1.807, 2.05) is 12.4 Å². The van der Waals surface area contributed by atoms with E-state index in [9.17, 15) is 0 Å². The van der Waals surface area contributed by atoms with Gasteiger partial charge in [-0.2, -0.15) is 0 Å². The lowest BCUT2D eigenvalue weighted by atomic mass is 9.89. The van der Waals surface area contributed by atoms with Crippen LogP contribution in [0.3, 0.4) is 0 Å². The maximum Gasteiger partial charge on any atom is 0.0529 e. The minimum Gasteiger partial charge on any atom is -0.318 e. The zero-order chi connectivity index (χ0) is 17.7. The van der Waals surface area contributed by atoms with Crippen molar-refractivity contribution >= 4 is 22.7 Å². The summed E-state index contributed by atoms with van der Waals surface area (Å²) < 4.78 is 2.48. The molecular weight excluding hydrogens is 318 g/mol. The molecule has 0 saturated carbocycles. The topological polar surface area (TPSA) is 21.1 Å². The highest BCUT2D eigenvalue weighted by Crippen LogP contribution is 2.35. The van der Waals surface area contributed by atoms with E-state index < -0.39 is 0 Å². The molecule has 0 fully saturated rings. The molecule has 0 N–H and O–H groups in total. The van der Waals surface area contributed by atoms with Crippen LogP contribution < -0.4 is 0 Å². The Bertz CT molecular complexity index is 1030. The highest BCUT2D eigenvalue weighted by Gasteiger charge is 2.23. The number of pyridine rings is 1. The number of aromatic nitrogens is 2. The van der Waals surface area contributed by atoms with Gasteiger partial charge in [-0.1, -0.05) is 11.6 Å². The molecular formula is C23H25N3. The lowest BCUT2D eigenvalue weighted by molar-refractivity contribution is 0.308. The minimum atomic E-state index is 1.02. The van der Waals surface area contributed by atoms with E-state index in [2.05, 4.69) is 58.9 Å². The molecule has 2 aromatic heterocycles. The van der Waals surface area contributed by atoms with Gasteiger partial charge in [0.2, 0.25) is 0 Å². The number of hydrogen-bond acceptors (Lipinski definition) is 2. The molecule has 0 saturated heterocycles. The number of benzene rings is 1. The molecule has 0 bridgehead atoms. The van der Waals surface area contributed by atoms with Crippen molar-refractivity contribution in [3.8, 4) is 0 Å². The van der Waals surface area contributed by atoms with Gasteiger partial charge in [-0.05, 0) is 80.1 Å². The summed E-state index contributed by atoms with van der Waals surface area (Å²) in [7, 11) is 2.23. The van der Waals surface area contributed by atoms with Crippen LogP contribution in [0.25, 0.3) is 22.7 Å². The first kappa shape index (κ1) is 15.8. The van der Waals surface area contributed by atoms with Gasteiger partial charge in [-0.25, -0.2) is 0 Å². The molecule has 5 rings (SSSR count). The second-order valence-electron chi connectivity index (χ2n) is 7.84. The Hall–Kier alpha value is -2.39. The quantitative estimate of drug-likeness (QED) is 0.640. The number of hydrogen-bond donors (Lipinski definition) is 0. The van der Waals surface area contributed by atoms with Gasteiger partial charge < -0.3 is 9.47 Å². The summed E-state index contributed by atoms with van der Waals surface area (Å²) in [5, 5.41) is 1.44. The van der Waals surface area contributed by atoms with Gasteiger partial charge >= 0.3 is 0 Å². The van der Waals surface area contributed by atoms with Crippen molar-refractivity contribution in [2.24, 2.45) is 0 Å². The van der Waals surface area contributed by atoms with E-state index in [0.29, 0.717) is 0 Å². The number of aryl methyl sites for hydroxylation is 2. The van der Waals surface area contributed by atoms with Gasteiger partial charge in [0.05, 0.1) is 5.52 Å². The van der Waals surface area contributed by atoms with Crippen molar-refractivity contribution < 1.29 is 0 Å². The van der Waals surface area contributed by atoms with E-state index in [4.69, 9.17) is 0 Å². The molecule has 26 heavy (non-hydrogen) atoms. The highest BCUT2D eigenvalue weighted by atomic mass is 15.1. The first-order valence-corrected chi connectivity index (χ1v) is 9.65. The molecule has 132 valence electrons. The molecule has 3 nitrogen and oxygen atoms in total. The Balaban J connectivity index is 1.74. The fourth-order valence-electron chi connectivity index (χ4n) is 4.62. The van der Waals surface area contributed by atoms with Gasteiger partial charge in [-0.15, -0.1) is 0 Å². The Labute approximate surface area is 155 Å². The minimum absolute atomic E-state index is 1.02.